The zero-order valence-electron chi connectivity index (χ0n) is 11.3. The van der Waals surface area contributed by atoms with Crippen LogP contribution in [0.4, 0.5) is 0 Å². The Morgan fingerprint density at radius 2 is 1.24 bits per heavy atom. The highest BCUT2D eigenvalue weighted by molar-refractivity contribution is 5.84. The molecule has 1 saturated carbocycles. The predicted octanol–water partition coefficient (Wildman–Crippen LogP) is 2.73. The van der Waals surface area contributed by atoms with Gasteiger partial charge in [0.05, 0.1) is 5.54 Å². The first-order valence-corrected chi connectivity index (χ1v) is 7.20. The molecule has 0 unspecified atom stereocenters. The van der Waals surface area contributed by atoms with Crippen molar-refractivity contribution < 1.29 is 4.79 Å². The first kappa shape index (κ1) is 14.5. The molecule has 0 atom stereocenters. The molecule has 17 heavy (non-hydrogen) atoms. The Bertz CT molecular complexity index is 216. The van der Waals surface area contributed by atoms with E-state index in [0.29, 0.717) is 0 Å². The van der Waals surface area contributed by atoms with E-state index in [1.165, 1.54) is 44.9 Å². The van der Waals surface area contributed by atoms with E-state index in [2.05, 4.69) is 5.32 Å². The molecule has 0 heterocycles. The zero-order valence-corrected chi connectivity index (χ0v) is 11.3. The lowest BCUT2D eigenvalue weighted by molar-refractivity contribution is -0.125. The van der Waals surface area contributed by atoms with Crippen molar-refractivity contribution in [3.63, 3.8) is 0 Å². The molecule has 3 N–H and O–H groups in total. The summed E-state index contributed by atoms with van der Waals surface area (Å²) in [6.45, 7) is 0. The van der Waals surface area contributed by atoms with Gasteiger partial charge in [0.25, 0.3) is 0 Å². The molecule has 3 nitrogen and oxygen atoms in total. The molecule has 1 aliphatic rings. The lowest BCUT2D eigenvalue weighted by Gasteiger charge is -2.30. The maximum Gasteiger partial charge on any atom is 0.237 e. The second-order valence-corrected chi connectivity index (χ2v) is 5.38. The Balaban J connectivity index is 2.55. The highest BCUT2D eigenvalue weighted by atomic mass is 16.1. The van der Waals surface area contributed by atoms with Gasteiger partial charge in [-0.25, -0.2) is 0 Å². The predicted molar refractivity (Wildman–Crippen MR) is 71.8 cm³/mol. The topological polar surface area (TPSA) is 55.1 Å². The van der Waals surface area contributed by atoms with E-state index in [0.717, 1.165) is 25.7 Å². The Labute approximate surface area is 106 Å². The van der Waals surface area contributed by atoms with Gasteiger partial charge in [-0.1, -0.05) is 57.8 Å². The standard InChI is InChI=1S/C14H28N2O/c1-16-14(13(15)17)11-9-7-5-3-2-4-6-8-10-12-14/h16H,2-12H2,1H3,(H2,15,17). The molecule has 3 heteroatoms. The Hall–Kier alpha value is -0.570. The summed E-state index contributed by atoms with van der Waals surface area (Å²) in [6, 6.07) is 0. The number of amides is 1. The highest BCUT2D eigenvalue weighted by Gasteiger charge is 2.33. The average Bonchev–Trinajstić information content (AvgIpc) is 2.30. The van der Waals surface area contributed by atoms with Crippen LogP contribution in [0.1, 0.15) is 70.6 Å². The van der Waals surface area contributed by atoms with Gasteiger partial charge in [-0.2, -0.15) is 0 Å². The maximum absolute atomic E-state index is 11.7. The number of rotatable bonds is 2. The molecular weight excluding hydrogens is 212 g/mol. The molecule has 1 aliphatic carbocycles. The van der Waals surface area contributed by atoms with Crippen molar-refractivity contribution in [1.29, 1.82) is 0 Å². The molecule has 0 bridgehead atoms. The minimum absolute atomic E-state index is 0.169. The number of primary amides is 1. The first-order chi connectivity index (χ1) is 8.21. The summed E-state index contributed by atoms with van der Waals surface area (Å²) >= 11 is 0. The Morgan fingerprint density at radius 1 is 0.882 bits per heavy atom. The molecule has 0 aliphatic heterocycles. The van der Waals surface area contributed by atoms with E-state index in [1.54, 1.807) is 0 Å². The summed E-state index contributed by atoms with van der Waals surface area (Å²) in [5.74, 6) is -0.169. The van der Waals surface area contributed by atoms with Gasteiger partial charge in [0.1, 0.15) is 0 Å². The van der Waals surface area contributed by atoms with Gasteiger partial charge in [-0.3, -0.25) is 4.79 Å². The van der Waals surface area contributed by atoms with Crippen molar-refractivity contribution in [2.45, 2.75) is 76.2 Å². The van der Waals surface area contributed by atoms with Gasteiger partial charge in [0.2, 0.25) is 5.91 Å². The third-order valence-corrected chi connectivity index (χ3v) is 4.16. The van der Waals surface area contributed by atoms with Crippen LogP contribution in [-0.4, -0.2) is 18.5 Å². The number of nitrogens with one attached hydrogen (secondary N) is 1. The van der Waals surface area contributed by atoms with E-state index in [4.69, 9.17) is 5.73 Å². The Kier molecular flexibility index (Phi) is 6.56. The number of hydrogen-bond acceptors (Lipinski definition) is 2. The monoisotopic (exact) mass is 240 g/mol. The van der Waals surface area contributed by atoms with Crippen molar-refractivity contribution in [3.8, 4) is 0 Å². The second kappa shape index (κ2) is 7.70. The van der Waals surface area contributed by atoms with Crippen molar-refractivity contribution in [3.05, 3.63) is 0 Å². The highest BCUT2D eigenvalue weighted by Crippen LogP contribution is 2.24. The number of likely N-dealkylation sites (N-methyl/N-ethyl adjacent to an activating group) is 1. The van der Waals surface area contributed by atoms with Crippen LogP contribution in [0.3, 0.4) is 0 Å². The minimum atomic E-state index is -0.445. The van der Waals surface area contributed by atoms with Crippen molar-refractivity contribution >= 4 is 5.91 Å². The van der Waals surface area contributed by atoms with Crippen LogP contribution in [0.25, 0.3) is 0 Å². The first-order valence-electron chi connectivity index (χ1n) is 7.20. The normalized spacial score (nSPS) is 23.4. The SMILES string of the molecule is CNC1(C(N)=O)CCCCCCCCCCC1. The van der Waals surface area contributed by atoms with E-state index in [9.17, 15) is 4.79 Å². The third kappa shape index (κ3) is 4.66. The van der Waals surface area contributed by atoms with Gasteiger partial charge < -0.3 is 11.1 Å². The van der Waals surface area contributed by atoms with Crippen LogP contribution in [0.2, 0.25) is 0 Å². The molecule has 0 radical (unpaired) electrons. The summed E-state index contributed by atoms with van der Waals surface area (Å²) in [7, 11) is 1.87. The third-order valence-electron chi connectivity index (χ3n) is 4.16. The van der Waals surface area contributed by atoms with E-state index >= 15 is 0 Å². The fraction of sp³-hybridized carbons (Fsp3) is 0.929. The molecule has 1 fully saturated rings. The van der Waals surface area contributed by atoms with Crippen molar-refractivity contribution in [2.75, 3.05) is 7.05 Å². The summed E-state index contributed by atoms with van der Waals surface area (Å²) in [5, 5.41) is 3.19. The van der Waals surface area contributed by atoms with Gasteiger partial charge in [-0.05, 0) is 19.9 Å². The van der Waals surface area contributed by atoms with Gasteiger partial charge in [0, 0.05) is 0 Å². The quantitative estimate of drug-likeness (QED) is 0.779. The van der Waals surface area contributed by atoms with Crippen LogP contribution < -0.4 is 11.1 Å². The lowest BCUT2D eigenvalue weighted by Crippen LogP contribution is -2.54. The fourth-order valence-electron chi connectivity index (χ4n) is 2.84. The minimum Gasteiger partial charge on any atom is -0.368 e. The molecule has 1 amide bonds. The summed E-state index contributed by atoms with van der Waals surface area (Å²) in [4.78, 5) is 11.7. The molecule has 0 aromatic rings. The van der Waals surface area contributed by atoms with Gasteiger partial charge in [-0.15, -0.1) is 0 Å². The maximum atomic E-state index is 11.7. The van der Waals surface area contributed by atoms with Crippen LogP contribution >= 0.6 is 0 Å². The number of hydrogen-bond donors (Lipinski definition) is 2. The van der Waals surface area contributed by atoms with E-state index in [-0.39, 0.29) is 5.91 Å². The molecule has 0 aromatic carbocycles. The second-order valence-electron chi connectivity index (χ2n) is 5.38. The number of carbonyl (C=O) groups excluding carboxylic acids is 1. The Morgan fingerprint density at radius 3 is 1.53 bits per heavy atom. The molecule has 1 rings (SSSR count). The van der Waals surface area contributed by atoms with Crippen molar-refractivity contribution in [2.24, 2.45) is 5.73 Å². The summed E-state index contributed by atoms with van der Waals surface area (Å²) in [6.07, 6.45) is 13.2. The number of carbonyl (C=O) groups is 1. The van der Waals surface area contributed by atoms with Crippen molar-refractivity contribution in [1.82, 2.24) is 5.32 Å². The average molecular weight is 240 g/mol. The largest absolute Gasteiger partial charge is 0.368 e. The molecule has 100 valence electrons. The molecule has 0 spiro atoms. The summed E-state index contributed by atoms with van der Waals surface area (Å²) in [5.41, 5.74) is 5.15. The summed E-state index contributed by atoms with van der Waals surface area (Å²) < 4.78 is 0. The molecule has 0 saturated heterocycles. The molecule has 0 aromatic heterocycles. The lowest BCUT2D eigenvalue weighted by atomic mass is 9.85. The molecular formula is C14H28N2O. The van der Waals surface area contributed by atoms with Crippen LogP contribution in [0.5, 0.6) is 0 Å². The van der Waals surface area contributed by atoms with Gasteiger partial charge >= 0.3 is 0 Å². The van der Waals surface area contributed by atoms with Crippen LogP contribution in [0, 0.1) is 0 Å². The fourth-order valence-corrected chi connectivity index (χ4v) is 2.84. The smallest absolute Gasteiger partial charge is 0.237 e. The number of nitrogens with two attached hydrogens (primary N) is 1. The van der Waals surface area contributed by atoms with Crippen LogP contribution in [-0.2, 0) is 4.79 Å². The van der Waals surface area contributed by atoms with Gasteiger partial charge in [0.15, 0.2) is 0 Å². The van der Waals surface area contributed by atoms with E-state index < -0.39 is 5.54 Å². The van der Waals surface area contributed by atoms with E-state index in [1.807, 2.05) is 7.05 Å². The zero-order chi connectivity index (χ0) is 12.6. The van der Waals surface area contributed by atoms with Crippen LogP contribution in [0.15, 0.2) is 0 Å².